The minimum absolute atomic E-state index is 0.0173. The summed E-state index contributed by atoms with van der Waals surface area (Å²) < 4.78 is 21.2. The van der Waals surface area contributed by atoms with Gasteiger partial charge < -0.3 is 10.6 Å². The molecule has 0 saturated carbocycles. The maximum Gasteiger partial charge on any atom is 0.319 e. The zero-order valence-corrected chi connectivity index (χ0v) is 10.3. The van der Waals surface area contributed by atoms with E-state index < -0.39 is 16.1 Å². The van der Waals surface area contributed by atoms with Crippen molar-refractivity contribution in [1.82, 2.24) is 5.32 Å². The summed E-state index contributed by atoms with van der Waals surface area (Å²) in [5.41, 5.74) is 1.73. The predicted octanol–water partition coefficient (Wildman–Crippen LogP) is 0.405. The SMILES string of the molecule is Cc1ccc(NC(=O)NCCS(N)(=O)=O)cc1. The molecule has 0 aliphatic heterocycles. The zero-order valence-electron chi connectivity index (χ0n) is 9.43. The van der Waals surface area contributed by atoms with Crippen LogP contribution in [0.25, 0.3) is 0 Å². The van der Waals surface area contributed by atoms with Gasteiger partial charge in [-0.3, -0.25) is 0 Å². The Kier molecular flexibility index (Phi) is 4.47. The Labute approximate surface area is 100 Å². The Morgan fingerprint density at radius 1 is 1.29 bits per heavy atom. The number of nitrogens with two attached hydrogens (primary N) is 1. The van der Waals surface area contributed by atoms with Gasteiger partial charge in [0.15, 0.2) is 0 Å². The third-order valence-electron chi connectivity index (χ3n) is 1.98. The van der Waals surface area contributed by atoms with Gasteiger partial charge in [-0.2, -0.15) is 0 Å². The Morgan fingerprint density at radius 2 is 1.88 bits per heavy atom. The van der Waals surface area contributed by atoms with Gasteiger partial charge in [-0.1, -0.05) is 17.7 Å². The molecule has 1 aromatic carbocycles. The van der Waals surface area contributed by atoms with Crippen LogP contribution >= 0.6 is 0 Å². The summed E-state index contributed by atoms with van der Waals surface area (Å²) in [7, 11) is -3.54. The quantitative estimate of drug-likeness (QED) is 0.727. The molecule has 0 bridgehead atoms. The molecule has 0 radical (unpaired) electrons. The van der Waals surface area contributed by atoms with Gasteiger partial charge >= 0.3 is 6.03 Å². The highest BCUT2D eigenvalue weighted by molar-refractivity contribution is 7.89. The number of nitrogens with one attached hydrogen (secondary N) is 2. The smallest absolute Gasteiger partial charge is 0.319 e. The first-order chi connectivity index (χ1) is 7.87. The number of sulfonamides is 1. The molecule has 0 aromatic heterocycles. The fraction of sp³-hybridized carbons (Fsp3) is 0.300. The fourth-order valence-electron chi connectivity index (χ4n) is 1.12. The second-order valence-electron chi connectivity index (χ2n) is 3.61. The average molecular weight is 257 g/mol. The van der Waals surface area contributed by atoms with Crippen LogP contribution < -0.4 is 15.8 Å². The number of urea groups is 1. The van der Waals surface area contributed by atoms with E-state index in [4.69, 9.17) is 5.14 Å². The summed E-state index contributed by atoms with van der Waals surface area (Å²) in [6.07, 6.45) is 0. The lowest BCUT2D eigenvalue weighted by Gasteiger charge is -2.07. The number of rotatable bonds is 4. The van der Waals surface area contributed by atoms with E-state index in [1.807, 2.05) is 19.1 Å². The van der Waals surface area contributed by atoms with Crippen LogP contribution in [0.15, 0.2) is 24.3 Å². The van der Waals surface area contributed by atoms with E-state index in [0.717, 1.165) is 5.56 Å². The second kappa shape index (κ2) is 5.65. The molecule has 17 heavy (non-hydrogen) atoms. The largest absolute Gasteiger partial charge is 0.337 e. The van der Waals surface area contributed by atoms with Crippen molar-refractivity contribution in [3.8, 4) is 0 Å². The molecule has 1 aromatic rings. The van der Waals surface area contributed by atoms with E-state index in [1.165, 1.54) is 0 Å². The second-order valence-corrected chi connectivity index (χ2v) is 5.35. The third kappa shape index (κ3) is 5.88. The molecule has 0 aliphatic rings. The molecule has 0 aliphatic carbocycles. The van der Waals surface area contributed by atoms with Gasteiger partial charge in [-0.05, 0) is 19.1 Å². The summed E-state index contributed by atoms with van der Waals surface area (Å²) >= 11 is 0. The number of carbonyl (C=O) groups is 1. The van der Waals surface area contributed by atoms with Crippen LogP contribution in [0.4, 0.5) is 10.5 Å². The standard InChI is InChI=1S/C10H15N3O3S/c1-8-2-4-9(5-3-8)13-10(14)12-6-7-17(11,15)16/h2-5H,6-7H2,1H3,(H2,11,15,16)(H2,12,13,14). The Morgan fingerprint density at radius 3 is 2.41 bits per heavy atom. The minimum atomic E-state index is -3.54. The van der Waals surface area contributed by atoms with Crippen molar-refractivity contribution in [2.24, 2.45) is 5.14 Å². The molecule has 94 valence electrons. The summed E-state index contributed by atoms with van der Waals surface area (Å²) in [6.45, 7) is 1.92. The first kappa shape index (κ1) is 13.5. The topological polar surface area (TPSA) is 101 Å². The van der Waals surface area contributed by atoms with Crippen molar-refractivity contribution in [2.45, 2.75) is 6.92 Å². The number of primary sulfonamides is 1. The lowest BCUT2D eigenvalue weighted by Crippen LogP contribution is -2.34. The number of anilines is 1. The molecule has 0 heterocycles. The van der Waals surface area contributed by atoms with Crippen molar-refractivity contribution >= 4 is 21.7 Å². The summed E-state index contributed by atoms with van der Waals surface area (Å²) in [4.78, 5) is 11.3. The zero-order chi connectivity index (χ0) is 12.9. The van der Waals surface area contributed by atoms with Gasteiger partial charge in [-0.15, -0.1) is 0 Å². The normalized spacial score (nSPS) is 10.9. The number of carbonyl (C=O) groups excluding carboxylic acids is 1. The van der Waals surface area contributed by atoms with Gasteiger partial charge in [0, 0.05) is 12.2 Å². The summed E-state index contributed by atoms with van der Waals surface area (Å²) in [5, 5.41) is 9.75. The van der Waals surface area contributed by atoms with Crippen LogP contribution in [0.1, 0.15) is 5.56 Å². The highest BCUT2D eigenvalue weighted by Gasteiger charge is 2.04. The third-order valence-corrected chi connectivity index (χ3v) is 2.75. The van der Waals surface area contributed by atoms with Gasteiger partial charge in [0.25, 0.3) is 0 Å². The maximum absolute atomic E-state index is 11.3. The predicted molar refractivity (Wildman–Crippen MR) is 66.2 cm³/mol. The number of hydrogen-bond donors (Lipinski definition) is 3. The maximum atomic E-state index is 11.3. The monoisotopic (exact) mass is 257 g/mol. The molecule has 4 N–H and O–H groups in total. The Balaban J connectivity index is 2.37. The van der Waals surface area contributed by atoms with Crippen molar-refractivity contribution in [2.75, 3.05) is 17.6 Å². The van der Waals surface area contributed by atoms with Crippen molar-refractivity contribution in [3.05, 3.63) is 29.8 Å². The number of amides is 2. The molecule has 6 nitrogen and oxygen atoms in total. The molecule has 1 rings (SSSR count). The molecule has 0 saturated heterocycles. The Hall–Kier alpha value is -1.60. The van der Waals surface area contributed by atoms with E-state index in [-0.39, 0.29) is 12.3 Å². The van der Waals surface area contributed by atoms with Gasteiger partial charge in [0.1, 0.15) is 0 Å². The lowest BCUT2D eigenvalue weighted by molar-refractivity contribution is 0.252. The lowest BCUT2D eigenvalue weighted by atomic mass is 10.2. The van der Waals surface area contributed by atoms with E-state index >= 15 is 0 Å². The van der Waals surface area contributed by atoms with Crippen LogP contribution in [0.2, 0.25) is 0 Å². The first-order valence-electron chi connectivity index (χ1n) is 4.99. The highest BCUT2D eigenvalue weighted by Crippen LogP contribution is 2.07. The number of benzene rings is 1. The van der Waals surface area contributed by atoms with Crippen LogP contribution in [0.3, 0.4) is 0 Å². The molecule has 0 unspecified atom stereocenters. The van der Waals surface area contributed by atoms with Crippen molar-refractivity contribution in [1.29, 1.82) is 0 Å². The van der Waals surface area contributed by atoms with Crippen molar-refractivity contribution in [3.63, 3.8) is 0 Å². The Bertz CT molecular complexity index is 482. The van der Waals surface area contributed by atoms with Crippen LogP contribution in [0.5, 0.6) is 0 Å². The number of aryl methyl sites for hydroxylation is 1. The van der Waals surface area contributed by atoms with Crippen LogP contribution in [-0.4, -0.2) is 26.7 Å². The number of hydrogen-bond acceptors (Lipinski definition) is 3. The fourth-order valence-corrected chi connectivity index (χ4v) is 1.51. The molecule has 0 spiro atoms. The molecular weight excluding hydrogens is 242 g/mol. The average Bonchev–Trinajstić information content (AvgIpc) is 2.19. The molecule has 0 fully saturated rings. The van der Waals surface area contributed by atoms with E-state index in [2.05, 4.69) is 10.6 Å². The van der Waals surface area contributed by atoms with E-state index in [9.17, 15) is 13.2 Å². The molecule has 2 amide bonds. The van der Waals surface area contributed by atoms with Crippen molar-refractivity contribution < 1.29 is 13.2 Å². The molecular formula is C10H15N3O3S. The highest BCUT2D eigenvalue weighted by atomic mass is 32.2. The van der Waals surface area contributed by atoms with E-state index in [0.29, 0.717) is 5.69 Å². The first-order valence-corrected chi connectivity index (χ1v) is 6.70. The molecule has 0 atom stereocenters. The minimum Gasteiger partial charge on any atom is -0.337 e. The van der Waals surface area contributed by atoms with Crippen LogP contribution in [0, 0.1) is 6.92 Å². The van der Waals surface area contributed by atoms with Gasteiger partial charge in [-0.25, -0.2) is 18.4 Å². The van der Waals surface area contributed by atoms with Gasteiger partial charge in [0.2, 0.25) is 10.0 Å². The van der Waals surface area contributed by atoms with Crippen LogP contribution in [-0.2, 0) is 10.0 Å². The van der Waals surface area contributed by atoms with Gasteiger partial charge in [0.05, 0.1) is 5.75 Å². The van der Waals surface area contributed by atoms with E-state index in [1.54, 1.807) is 12.1 Å². The summed E-state index contributed by atoms with van der Waals surface area (Å²) in [6, 6.07) is 6.78. The molecule has 7 heteroatoms. The summed E-state index contributed by atoms with van der Waals surface area (Å²) in [5.74, 6) is -0.283.